The summed E-state index contributed by atoms with van der Waals surface area (Å²) in [4.78, 5) is 23.4. The summed E-state index contributed by atoms with van der Waals surface area (Å²) in [5, 5.41) is 11.7. The molecule has 2 amide bonds. The highest BCUT2D eigenvalue weighted by molar-refractivity contribution is 5.84. The van der Waals surface area contributed by atoms with Gasteiger partial charge in [0.15, 0.2) is 0 Å². The number of benzene rings is 1. The van der Waals surface area contributed by atoms with Crippen LogP contribution in [0.15, 0.2) is 18.2 Å². The summed E-state index contributed by atoms with van der Waals surface area (Å²) in [6.07, 6.45) is -0.628. The Balaban J connectivity index is 2.82. The zero-order chi connectivity index (χ0) is 19.2. The molecular formula is C18H29N3O4. The van der Waals surface area contributed by atoms with Crippen molar-refractivity contribution in [2.75, 3.05) is 13.2 Å². The molecule has 0 bridgehead atoms. The van der Waals surface area contributed by atoms with Gasteiger partial charge in [0.1, 0.15) is 11.3 Å². The van der Waals surface area contributed by atoms with E-state index in [2.05, 4.69) is 5.32 Å². The zero-order valence-corrected chi connectivity index (χ0v) is 15.3. The highest BCUT2D eigenvalue weighted by atomic mass is 16.6. The first-order valence-electron chi connectivity index (χ1n) is 8.40. The molecule has 1 aromatic carbocycles. The monoisotopic (exact) mass is 351 g/mol. The van der Waals surface area contributed by atoms with Crippen LogP contribution in [0.1, 0.15) is 57.1 Å². The van der Waals surface area contributed by atoms with Crippen LogP contribution < -0.4 is 21.5 Å². The number of ether oxygens (including phenoxy) is 1. The number of nitrogens with two attached hydrogens (primary N) is 2. The predicted octanol–water partition coefficient (Wildman–Crippen LogP) is 1.59. The molecular weight excluding hydrogens is 322 g/mol. The van der Waals surface area contributed by atoms with E-state index >= 15 is 0 Å². The topological polar surface area (TPSA) is 128 Å². The summed E-state index contributed by atoms with van der Waals surface area (Å²) in [7, 11) is 0. The Kier molecular flexibility index (Phi) is 7.38. The second kappa shape index (κ2) is 8.82. The molecule has 0 heterocycles. The van der Waals surface area contributed by atoms with E-state index in [0.717, 1.165) is 11.1 Å². The number of aliphatic hydroxyl groups is 1. The summed E-state index contributed by atoms with van der Waals surface area (Å²) in [5.41, 5.74) is 11.2. The van der Waals surface area contributed by atoms with Gasteiger partial charge in [-0.05, 0) is 29.4 Å². The quantitative estimate of drug-likeness (QED) is 0.565. The van der Waals surface area contributed by atoms with Crippen LogP contribution in [0.25, 0.3) is 0 Å². The average molecular weight is 351 g/mol. The van der Waals surface area contributed by atoms with Crippen molar-refractivity contribution < 1.29 is 19.4 Å². The number of carbonyl (C=O) groups is 2. The molecule has 1 rings (SSSR count). The summed E-state index contributed by atoms with van der Waals surface area (Å²) in [6, 6.07) is 5.82. The fourth-order valence-electron chi connectivity index (χ4n) is 2.40. The highest BCUT2D eigenvalue weighted by Gasteiger charge is 2.30. The van der Waals surface area contributed by atoms with E-state index < -0.39 is 24.1 Å². The first-order valence-corrected chi connectivity index (χ1v) is 8.40. The minimum Gasteiger partial charge on any atom is -0.410 e. The lowest BCUT2D eigenvalue weighted by Crippen LogP contribution is -2.56. The molecule has 6 N–H and O–H groups in total. The maximum absolute atomic E-state index is 12.2. The van der Waals surface area contributed by atoms with Crippen LogP contribution in [0.2, 0.25) is 0 Å². The van der Waals surface area contributed by atoms with Crippen molar-refractivity contribution >= 4 is 12.0 Å². The Hall–Kier alpha value is -2.12. The van der Waals surface area contributed by atoms with Crippen LogP contribution in [0.4, 0.5) is 4.79 Å². The Morgan fingerprint density at radius 1 is 1.20 bits per heavy atom. The summed E-state index contributed by atoms with van der Waals surface area (Å²) in [5.74, 6) is 0.128. The van der Waals surface area contributed by atoms with E-state index in [1.165, 1.54) is 0 Å². The number of primary amides is 1. The molecule has 0 spiro atoms. The van der Waals surface area contributed by atoms with Crippen LogP contribution in [0.5, 0.6) is 5.75 Å². The van der Waals surface area contributed by atoms with Crippen LogP contribution in [0.3, 0.4) is 0 Å². The van der Waals surface area contributed by atoms with Gasteiger partial charge < -0.3 is 26.6 Å². The third kappa shape index (κ3) is 5.44. The van der Waals surface area contributed by atoms with Gasteiger partial charge in [-0.15, -0.1) is 0 Å². The van der Waals surface area contributed by atoms with Crippen molar-refractivity contribution in [1.82, 2.24) is 5.32 Å². The van der Waals surface area contributed by atoms with E-state index in [9.17, 15) is 14.7 Å². The number of aliphatic hydroxyl groups excluding tert-OH is 1. The normalized spacial score (nSPS) is 13.6. The molecule has 0 fully saturated rings. The second-order valence-electron chi connectivity index (χ2n) is 6.82. The van der Waals surface area contributed by atoms with E-state index in [4.69, 9.17) is 16.2 Å². The minimum atomic E-state index is -1.56. The summed E-state index contributed by atoms with van der Waals surface area (Å²) >= 11 is 0. The molecule has 25 heavy (non-hydrogen) atoms. The van der Waals surface area contributed by atoms with Crippen molar-refractivity contribution in [2.24, 2.45) is 11.5 Å². The molecule has 1 atom stereocenters. The van der Waals surface area contributed by atoms with Crippen molar-refractivity contribution in [3.05, 3.63) is 29.3 Å². The highest BCUT2D eigenvalue weighted by Crippen LogP contribution is 2.34. The van der Waals surface area contributed by atoms with Gasteiger partial charge >= 0.3 is 6.09 Å². The molecule has 0 aliphatic carbocycles. The van der Waals surface area contributed by atoms with Crippen molar-refractivity contribution in [3.63, 3.8) is 0 Å². The van der Waals surface area contributed by atoms with E-state index in [1.807, 2.05) is 45.9 Å². The number of hydrogen-bond acceptors (Lipinski definition) is 5. The fraction of sp³-hybridized carbons (Fsp3) is 0.556. The van der Waals surface area contributed by atoms with Gasteiger partial charge in [-0.1, -0.05) is 45.9 Å². The lowest BCUT2D eigenvalue weighted by Gasteiger charge is -2.23. The minimum absolute atomic E-state index is 0.0107. The number of amides is 2. The molecule has 0 unspecified atom stereocenters. The summed E-state index contributed by atoms with van der Waals surface area (Å²) in [6.45, 7) is 7.58. The number of carbonyl (C=O) groups excluding carboxylic acids is 2. The van der Waals surface area contributed by atoms with E-state index in [1.54, 1.807) is 0 Å². The molecule has 7 heteroatoms. The largest absolute Gasteiger partial charge is 0.412 e. The molecule has 0 aliphatic heterocycles. The van der Waals surface area contributed by atoms with Crippen LogP contribution >= 0.6 is 0 Å². The van der Waals surface area contributed by atoms with Gasteiger partial charge in [0.2, 0.25) is 5.91 Å². The zero-order valence-electron chi connectivity index (χ0n) is 15.3. The number of para-hydroxylation sites is 1. The lowest BCUT2D eigenvalue weighted by molar-refractivity contribution is -0.124. The maximum Gasteiger partial charge on any atom is 0.412 e. The summed E-state index contributed by atoms with van der Waals surface area (Å²) < 4.78 is 5.54. The average Bonchev–Trinajstić information content (AvgIpc) is 2.54. The fourth-order valence-corrected chi connectivity index (χ4v) is 2.40. The number of nitrogens with one attached hydrogen (secondary N) is 1. The Bertz CT molecular complexity index is 590. The van der Waals surface area contributed by atoms with Crippen molar-refractivity contribution in [2.45, 2.75) is 51.5 Å². The standard InChI is InChI=1S/C18H29N3O4/c1-11(2)13-6-5-7-14(12(3)4)15(13)25-17(24)21-9-8-18(20,10-22)16(19)23/h5-7,11-12,22H,8-10,20H2,1-4H3,(H2,19,23)(H,21,24)/t18-/m0/s1. The molecule has 140 valence electrons. The molecule has 0 saturated heterocycles. The maximum atomic E-state index is 12.2. The molecule has 0 saturated carbocycles. The van der Waals surface area contributed by atoms with Gasteiger partial charge in [0.05, 0.1) is 6.61 Å². The Morgan fingerprint density at radius 2 is 1.72 bits per heavy atom. The first kappa shape index (κ1) is 20.9. The molecule has 7 nitrogen and oxygen atoms in total. The van der Waals surface area contributed by atoms with Gasteiger partial charge in [-0.25, -0.2) is 4.79 Å². The lowest BCUT2D eigenvalue weighted by atomic mass is 9.94. The molecule has 0 aliphatic rings. The third-order valence-electron chi connectivity index (χ3n) is 4.13. The van der Waals surface area contributed by atoms with Crippen molar-refractivity contribution in [1.29, 1.82) is 0 Å². The molecule has 1 aromatic rings. The van der Waals surface area contributed by atoms with Gasteiger partial charge in [-0.2, -0.15) is 0 Å². The van der Waals surface area contributed by atoms with Gasteiger partial charge in [0, 0.05) is 6.54 Å². The van der Waals surface area contributed by atoms with E-state index in [0.29, 0.717) is 5.75 Å². The van der Waals surface area contributed by atoms with Crippen molar-refractivity contribution in [3.8, 4) is 5.75 Å². The SMILES string of the molecule is CC(C)c1cccc(C(C)C)c1OC(=O)NCC[C@](N)(CO)C(N)=O. The van der Waals surface area contributed by atoms with Crippen LogP contribution in [-0.2, 0) is 4.79 Å². The number of rotatable bonds is 8. The number of hydrogen-bond donors (Lipinski definition) is 4. The third-order valence-corrected chi connectivity index (χ3v) is 4.13. The molecule has 0 radical (unpaired) electrons. The first-order chi connectivity index (χ1) is 11.6. The van der Waals surface area contributed by atoms with Gasteiger partial charge in [0.25, 0.3) is 0 Å². The Labute approximate surface area is 148 Å². The second-order valence-corrected chi connectivity index (χ2v) is 6.82. The Morgan fingerprint density at radius 3 is 2.12 bits per heavy atom. The smallest absolute Gasteiger partial charge is 0.410 e. The van der Waals surface area contributed by atoms with Crippen LogP contribution in [-0.4, -0.2) is 35.8 Å². The van der Waals surface area contributed by atoms with Crippen LogP contribution in [0, 0.1) is 0 Å². The van der Waals surface area contributed by atoms with Gasteiger partial charge in [-0.3, -0.25) is 4.79 Å². The molecule has 0 aromatic heterocycles. The predicted molar refractivity (Wildman–Crippen MR) is 96.5 cm³/mol. The van der Waals surface area contributed by atoms with E-state index in [-0.39, 0.29) is 24.8 Å².